The van der Waals surface area contributed by atoms with Gasteiger partial charge in [0, 0.05) is 28.7 Å². The predicted octanol–water partition coefficient (Wildman–Crippen LogP) is 4.26. The molecule has 3 rings (SSSR count). The molecule has 1 N–H and O–H groups in total. The minimum atomic E-state index is -0.468. The normalized spacial score (nSPS) is 17.1. The van der Waals surface area contributed by atoms with Gasteiger partial charge in [-0.25, -0.2) is 5.43 Å². The van der Waals surface area contributed by atoms with Crippen LogP contribution in [0.1, 0.15) is 12.0 Å². The Balaban J connectivity index is 1.63. The van der Waals surface area contributed by atoms with Gasteiger partial charge in [0.25, 0.3) is 0 Å². The number of anilines is 1. The summed E-state index contributed by atoms with van der Waals surface area (Å²) in [7, 11) is 0. The number of halogens is 3. The van der Waals surface area contributed by atoms with E-state index in [1.165, 1.54) is 6.21 Å². The molecule has 1 heterocycles. The summed E-state index contributed by atoms with van der Waals surface area (Å²) in [4.78, 5) is 26.1. The van der Waals surface area contributed by atoms with E-state index in [-0.39, 0.29) is 18.2 Å². The van der Waals surface area contributed by atoms with Crippen molar-refractivity contribution in [3.63, 3.8) is 0 Å². The summed E-state index contributed by atoms with van der Waals surface area (Å²) in [6.45, 7) is 0.314. The van der Waals surface area contributed by atoms with E-state index in [0.717, 1.165) is 10.2 Å². The minimum absolute atomic E-state index is 0.0920. The van der Waals surface area contributed by atoms with Crippen LogP contribution in [0.4, 0.5) is 5.69 Å². The largest absolute Gasteiger partial charge is 0.312 e. The van der Waals surface area contributed by atoms with Gasteiger partial charge in [-0.15, -0.1) is 0 Å². The third-order valence-corrected chi connectivity index (χ3v) is 5.19. The molecule has 2 aromatic carbocycles. The molecule has 1 aliphatic heterocycles. The van der Waals surface area contributed by atoms with Gasteiger partial charge in [0.1, 0.15) is 0 Å². The first-order chi connectivity index (χ1) is 12.5. The summed E-state index contributed by atoms with van der Waals surface area (Å²) in [5, 5.41) is 4.79. The van der Waals surface area contributed by atoms with E-state index in [1.54, 1.807) is 23.1 Å². The molecule has 0 saturated carbocycles. The predicted molar refractivity (Wildman–Crippen MR) is 107 cm³/mol. The van der Waals surface area contributed by atoms with Crippen molar-refractivity contribution in [1.82, 2.24) is 5.43 Å². The van der Waals surface area contributed by atoms with Crippen LogP contribution in [0.3, 0.4) is 0 Å². The summed E-state index contributed by atoms with van der Waals surface area (Å²) >= 11 is 15.5. The van der Waals surface area contributed by atoms with Crippen molar-refractivity contribution >= 4 is 62.8 Å². The molecule has 0 unspecified atom stereocenters. The van der Waals surface area contributed by atoms with E-state index in [0.29, 0.717) is 22.2 Å². The van der Waals surface area contributed by atoms with Crippen molar-refractivity contribution in [2.45, 2.75) is 6.42 Å². The highest BCUT2D eigenvalue weighted by molar-refractivity contribution is 9.10. The third kappa shape index (κ3) is 4.26. The molecule has 8 heteroatoms. The van der Waals surface area contributed by atoms with E-state index in [9.17, 15) is 9.59 Å². The average molecular weight is 455 g/mol. The lowest BCUT2D eigenvalue weighted by molar-refractivity contribution is -0.126. The van der Waals surface area contributed by atoms with Crippen molar-refractivity contribution in [3.05, 3.63) is 62.5 Å². The highest BCUT2D eigenvalue weighted by Crippen LogP contribution is 2.26. The van der Waals surface area contributed by atoms with Crippen LogP contribution in [0, 0.1) is 5.92 Å². The average Bonchev–Trinajstić information content (AvgIpc) is 3.00. The van der Waals surface area contributed by atoms with Gasteiger partial charge in [-0.2, -0.15) is 5.10 Å². The fourth-order valence-corrected chi connectivity index (χ4v) is 3.40. The molecule has 2 amide bonds. The second-order valence-electron chi connectivity index (χ2n) is 5.75. The van der Waals surface area contributed by atoms with Crippen LogP contribution >= 0.6 is 39.1 Å². The standard InChI is InChI=1S/C18H14BrCl2N3O2/c19-12-4-6-13(7-5-12)24-10-11(8-17(24)25)18(26)23-22-9-14-15(20)2-1-3-16(14)21/h1-7,9,11H,8,10H2,(H,23,26)/b22-9-/t11-/m0/s1. The molecule has 5 nitrogen and oxygen atoms in total. The van der Waals surface area contributed by atoms with Gasteiger partial charge in [0.15, 0.2) is 0 Å². The molecule has 0 radical (unpaired) electrons. The number of hydrogen-bond donors (Lipinski definition) is 1. The number of carbonyl (C=O) groups excluding carboxylic acids is 2. The second kappa shape index (κ2) is 8.20. The molecule has 2 aromatic rings. The fraction of sp³-hybridized carbons (Fsp3) is 0.167. The summed E-state index contributed by atoms with van der Waals surface area (Å²) < 4.78 is 0.926. The zero-order valence-corrected chi connectivity index (χ0v) is 16.6. The quantitative estimate of drug-likeness (QED) is 0.554. The first-order valence-electron chi connectivity index (χ1n) is 7.78. The third-order valence-electron chi connectivity index (χ3n) is 4.00. The van der Waals surface area contributed by atoms with E-state index in [2.05, 4.69) is 26.5 Å². The number of amides is 2. The smallest absolute Gasteiger partial charge is 0.245 e. The second-order valence-corrected chi connectivity index (χ2v) is 7.48. The van der Waals surface area contributed by atoms with E-state index in [1.807, 2.05) is 24.3 Å². The van der Waals surface area contributed by atoms with Crippen LogP contribution in [-0.4, -0.2) is 24.6 Å². The Labute approximate surface area is 169 Å². The van der Waals surface area contributed by atoms with Gasteiger partial charge in [0.05, 0.1) is 22.2 Å². The lowest BCUT2D eigenvalue weighted by Gasteiger charge is -2.16. The first kappa shape index (κ1) is 18.9. The van der Waals surface area contributed by atoms with E-state index in [4.69, 9.17) is 23.2 Å². The Morgan fingerprint density at radius 2 is 1.85 bits per heavy atom. The van der Waals surface area contributed by atoms with E-state index >= 15 is 0 Å². The van der Waals surface area contributed by atoms with Crippen LogP contribution in [0.5, 0.6) is 0 Å². The van der Waals surface area contributed by atoms with Crippen LogP contribution < -0.4 is 10.3 Å². The fourth-order valence-electron chi connectivity index (χ4n) is 2.64. The van der Waals surface area contributed by atoms with E-state index < -0.39 is 5.92 Å². The summed E-state index contributed by atoms with van der Waals surface area (Å²) in [5.74, 6) is -0.881. The summed E-state index contributed by atoms with van der Waals surface area (Å²) in [6.07, 6.45) is 1.54. The van der Waals surface area contributed by atoms with Crippen molar-refractivity contribution < 1.29 is 9.59 Å². The molecule has 1 fully saturated rings. The maximum atomic E-state index is 12.3. The Kier molecular flexibility index (Phi) is 5.96. The van der Waals surface area contributed by atoms with Crippen LogP contribution in [0.15, 0.2) is 52.0 Å². The van der Waals surface area contributed by atoms with Crippen molar-refractivity contribution in [3.8, 4) is 0 Å². The highest BCUT2D eigenvalue weighted by Gasteiger charge is 2.35. The molecule has 0 bridgehead atoms. The zero-order chi connectivity index (χ0) is 18.7. The Bertz CT molecular complexity index is 851. The van der Waals surface area contributed by atoms with Gasteiger partial charge >= 0.3 is 0 Å². The summed E-state index contributed by atoms with van der Waals surface area (Å²) in [6, 6.07) is 12.5. The lowest BCUT2D eigenvalue weighted by Crippen LogP contribution is -2.30. The molecule has 26 heavy (non-hydrogen) atoms. The number of rotatable bonds is 4. The monoisotopic (exact) mass is 453 g/mol. The minimum Gasteiger partial charge on any atom is -0.312 e. The highest BCUT2D eigenvalue weighted by atomic mass is 79.9. The number of nitrogens with zero attached hydrogens (tertiary/aromatic N) is 2. The van der Waals surface area contributed by atoms with Crippen LogP contribution in [0.2, 0.25) is 10.0 Å². The number of hydrazone groups is 1. The molecule has 0 aliphatic carbocycles. The van der Waals surface area contributed by atoms with Crippen molar-refractivity contribution in [2.24, 2.45) is 11.0 Å². The number of carbonyl (C=O) groups is 2. The first-order valence-corrected chi connectivity index (χ1v) is 9.33. The number of hydrogen-bond acceptors (Lipinski definition) is 3. The summed E-state index contributed by atoms with van der Waals surface area (Å²) in [5.41, 5.74) is 3.74. The van der Waals surface area contributed by atoms with Crippen LogP contribution in [-0.2, 0) is 9.59 Å². The van der Waals surface area contributed by atoms with Gasteiger partial charge in [0.2, 0.25) is 11.8 Å². The van der Waals surface area contributed by atoms with Gasteiger partial charge in [-0.1, -0.05) is 45.2 Å². The molecular formula is C18H14BrCl2N3O2. The van der Waals surface area contributed by atoms with Gasteiger partial charge in [-0.05, 0) is 36.4 Å². The maximum Gasteiger partial charge on any atom is 0.245 e. The zero-order valence-electron chi connectivity index (χ0n) is 13.5. The van der Waals surface area contributed by atoms with Crippen LogP contribution in [0.25, 0.3) is 0 Å². The van der Waals surface area contributed by atoms with Crippen molar-refractivity contribution in [1.29, 1.82) is 0 Å². The SMILES string of the molecule is O=C(N/N=C\c1c(Cl)cccc1Cl)[C@H]1CC(=O)N(c2ccc(Br)cc2)C1. The topological polar surface area (TPSA) is 61.8 Å². The molecule has 1 atom stereocenters. The number of nitrogens with one attached hydrogen (secondary N) is 1. The van der Waals surface area contributed by atoms with Crippen molar-refractivity contribution in [2.75, 3.05) is 11.4 Å². The number of benzene rings is 2. The molecule has 0 aromatic heterocycles. The van der Waals surface area contributed by atoms with Gasteiger partial charge in [-0.3, -0.25) is 9.59 Å². The molecular weight excluding hydrogens is 441 g/mol. The molecule has 1 saturated heterocycles. The van der Waals surface area contributed by atoms with Gasteiger partial charge < -0.3 is 4.90 Å². The Hall–Kier alpha value is -1.89. The molecule has 1 aliphatic rings. The molecule has 134 valence electrons. The molecule has 0 spiro atoms. The Morgan fingerprint density at radius 3 is 2.50 bits per heavy atom. The Morgan fingerprint density at radius 1 is 1.19 bits per heavy atom. The maximum absolute atomic E-state index is 12.3. The lowest BCUT2D eigenvalue weighted by atomic mass is 10.1.